The topological polar surface area (TPSA) is 112 Å². The third-order valence-electron chi connectivity index (χ3n) is 4.34. The summed E-state index contributed by atoms with van der Waals surface area (Å²) in [5, 5.41) is 12.0. The summed E-state index contributed by atoms with van der Waals surface area (Å²) >= 11 is 7.30. The third-order valence-corrected chi connectivity index (χ3v) is 5.66. The number of nitrogens with zero attached hydrogens (tertiary/aromatic N) is 3. The lowest BCUT2D eigenvalue weighted by molar-refractivity contribution is -0.118. The number of ether oxygens (including phenoxy) is 1. The molecule has 150 valence electrons. The van der Waals surface area contributed by atoms with Crippen LogP contribution >= 0.6 is 23.4 Å². The Hall–Kier alpha value is -2.26. The second kappa shape index (κ2) is 8.83. The first-order valence-corrected chi connectivity index (χ1v) is 10.2. The van der Waals surface area contributed by atoms with Gasteiger partial charge in [0, 0.05) is 23.9 Å². The van der Waals surface area contributed by atoms with E-state index in [-0.39, 0.29) is 18.2 Å². The van der Waals surface area contributed by atoms with Crippen molar-refractivity contribution in [3.63, 3.8) is 0 Å². The zero-order chi connectivity index (χ0) is 20.3. The van der Waals surface area contributed by atoms with Crippen molar-refractivity contribution in [2.45, 2.75) is 49.1 Å². The number of methoxy groups -OCH3 is 1. The maximum atomic E-state index is 12.7. The summed E-state index contributed by atoms with van der Waals surface area (Å²) in [7, 11) is 1.53. The third kappa shape index (κ3) is 4.96. The monoisotopic (exact) mass is 423 g/mol. The molecule has 1 fully saturated rings. The van der Waals surface area contributed by atoms with Crippen molar-refractivity contribution >= 4 is 40.9 Å². The van der Waals surface area contributed by atoms with Crippen molar-refractivity contribution in [3.05, 3.63) is 29.0 Å². The first-order valence-electron chi connectivity index (χ1n) is 8.91. The van der Waals surface area contributed by atoms with Crippen molar-refractivity contribution in [1.29, 1.82) is 0 Å². The van der Waals surface area contributed by atoms with Crippen LogP contribution in [0.25, 0.3) is 0 Å². The first-order chi connectivity index (χ1) is 13.4. The average Bonchev–Trinajstić information content (AvgIpc) is 3.42. The molecule has 1 unspecified atom stereocenters. The highest BCUT2D eigenvalue weighted by Crippen LogP contribution is 2.40. The number of aromatic nitrogens is 3. The van der Waals surface area contributed by atoms with E-state index in [0.29, 0.717) is 34.1 Å². The number of hydrogen-bond donors (Lipinski definition) is 2. The van der Waals surface area contributed by atoms with Crippen LogP contribution in [0.15, 0.2) is 23.4 Å². The van der Waals surface area contributed by atoms with E-state index in [1.807, 2.05) is 4.57 Å². The largest absolute Gasteiger partial charge is 0.495 e. The predicted molar refractivity (Wildman–Crippen MR) is 108 cm³/mol. The molecule has 10 heteroatoms. The van der Waals surface area contributed by atoms with Gasteiger partial charge in [-0.1, -0.05) is 23.4 Å². The van der Waals surface area contributed by atoms with E-state index in [9.17, 15) is 9.59 Å². The zero-order valence-corrected chi connectivity index (χ0v) is 17.2. The van der Waals surface area contributed by atoms with Crippen molar-refractivity contribution in [3.8, 4) is 5.75 Å². The van der Waals surface area contributed by atoms with Gasteiger partial charge < -0.3 is 20.4 Å². The van der Waals surface area contributed by atoms with Crippen LogP contribution in [0.5, 0.6) is 5.75 Å². The molecule has 1 aliphatic rings. The van der Waals surface area contributed by atoms with Gasteiger partial charge in [0.05, 0.1) is 18.0 Å². The molecule has 0 bridgehead atoms. The maximum Gasteiger partial charge on any atom is 0.237 e. The Balaban J connectivity index is 1.72. The minimum atomic E-state index is -0.452. The molecule has 1 aromatic heterocycles. The number of thioether (sulfide) groups is 1. The molecular weight excluding hydrogens is 402 g/mol. The second-order valence-corrected chi connectivity index (χ2v) is 8.32. The van der Waals surface area contributed by atoms with E-state index >= 15 is 0 Å². The molecular formula is C18H22ClN5O3S. The minimum absolute atomic E-state index is 0.200. The van der Waals surface area contributed by atoms with Gasteiger partial charge in [0.15, 0.2) is 5.16 Å². The van der Waals surface area contributed by atoms with Gasteiger partial charge in [-0.2, -0.15) is 0 Å². The summed E-state index contributed by atoms with van der Waals surface area (Å²) in [4.78, 5) is 23.9. The molecule has 28 heavy (non-hydrogen) atoms. The molecule has 0 spiro atoms. The van der Waals surface area contributed by atoms with Crippen LogP contribution in [0.3, 0.4) is 0 Å². The molecule has 3 rings (SSSR count). The number of primary amides is 1. The van der Waals surface area contributed by atoms with E-state index in [2.05, 4.69) is 15.5 Å². The molecule has 1 aliphatic carbocycles. The fourth-order valence-electron chi connectivity index (χ4n) is 2.69. The van der Waals surface area contributed by atoms with Gasteiger partial charge in [-0.05, 0) is 38.0 Å². The molecule has 0 radical (unpaired) electrons. The number of nitrogens with one attached hydrogen (secondary N) is 1. The second-order valence-electron chi connectivity index (χ2n) is 6.58. The number of nitrogens with two attached hydrogens (primary N) is 1. The van der Waals surface area contributed by atoms with Gasteiger partial charge in [-0.25, -0.2) is 0 Å². The van der Waals surface area contributed by atoms with E-state index in [0.717, 1.165) is 18.7 Å². The van der Waals surface area contributed by atoms with Crippen molar-refractivity contribution in [2.24, 2.45) is 5.73 Å². The number of halogens is 1. The Kier molecular flexibility index (Phi) is 6.46. The van der Waals surface area contributed by atoms with E-state index in [1.165, 1.54) is 18.9 Å². The molecule has 1 aromatic carbocycles. The van der Waals surface area contributed by atoms with E-state index in [4.69, 9.17) is 22.1 Å². The smallest absolute Gasteiger partial charge is 0.237 e. The lowest BCUT2D eigenvalue weighted by Crippen LogP contribution is -2.23. The Labute approximate surface area is 172 Å². The van der Waals surface area contributed by atoms with E-state index < -0.39 is 5.25 Å². The predicted octanol–water partition coefficient (Wildman–Crippen LogP) is 2.81. The van der Waals surface area contributed by atoms with Crippen LogP contribution < -0.4 is 15.8 Å². The zero-order valence-electron chi connectivity index (χ0n) is 15.6. The quantitative estimate of drug-likeness (QED) is 0.599. The van der Waals surface area contributed by atoms with Crippen molar-refractivity contribution in [2.75, 3.05) is 12.4 Å². The standard InChI is InChI=1S/C18H22ClN5O3S/c1-10(17(26)21-13-9-12(19)5-6-14(13)27-2)28-18-23-22-16(11-3-4-11)24(18)8-7-15(20)25/h5-6,9-11H,3-4,7-8H2,1-2H3,(H2,20,25)(H,21,26). The molecule has 2 aromatic rings. The fourth-order valence-corrected chi connectivity index (χ4v) is 3.74. The molecule has 2 amide bonds. The normalized spacial score (nSPS) is 14.5. The van der Waals surface area contributed by atoms with Gasteiger partial charge in [-0.15, -0.1) is 10.2 Å². The molecule has 8 nitrogen and oxygen atoms in total. The number of benzene rings is 1. The number of carbonyl (C=O) groups excluding carboxylic acids is 2. The summed E-state index contributed by atoms with van der Waals surface area (Å²) in [6.45, 7) is 2.19. The summed E-state index contributed by atoms with van der Waals surface area (Å²) < 4.78 is 7.16. The highest BCUT2D eigenvalue weighted by Gasteiger charge is 2.31. The van der Waals surface area contributed by atoms with Gasteiger partial charge in [0.25, 0.3) is 0 Å². The van der Waals surface area contributed by atoms with Gasteiger partial charge in [0.2, 0.25) is 11.8 Å². The Morgan fingerprint density at radius 1 is 1.43 bits per heavy atom. The van der Waals surface area contributed by atoms with Crippen LogP contribution in [0.1, 0.15) is 37.9 Å². The fraction of sp³-hybridized carbons (Fsp3) is 0.444. The molecule has 0 saturated heterocycles. The Morgan fingerprint density at radius 3 is 2.82 bits per heavy atom. The molecule has 1 atom stereocenters. The Morgan fingerprint density at radius 2 is 2.18 bits per heavy atom. The number of hydrogen-bond acceptors (Lipinski definition) is 6. The number of anilines is 1. The lowest BCUT2D eigenvalue weighted by Gasteiger charge is -2.15. The number of rotatable bonds is 9. The summed E-state index contributed by atoms with van der Waals surface area (Å²) in [6.07, 6.45) is 2.32. The summed E-state index contributed by atoms with van der Waals surface area (Å²) in [6, 6.07) is 5.02. The lowest BCUT2D eigenvalue weighted by atomic mass is 10.3. The van der Waals surface area contributed by atoms with Crippen LogP contribution in [0.2, 0.25) is 5.02 Å². The van der Waals surface area contributed by atoms with Gasteiger partial charge >= 0.3 is 0 Å². The highest BCUT2D eigenvalue weighted by atomic mass is 35.5. The molecule has 1 heterocycles. The number of amides is 2. The maximum absolute atomic E-state index is 12.7. The van der Waals surface area contributed by atoms with Crippen LogP contribution in [0.4, 0.5) is 5.69 Å². The molecule has 1 saturated carbocycles. The van der Waals surface area contributed by atoms with Gasteiger partial charge in [0.1, 0.15) is 11.6 Å². The summed E-state index contributed by atoms with van der Waals surface area (Å²) in [5.74, 6) is 1.14. The van der Waals surface area contributed by atoms with Crippen molar-refractivity contribution < 1.29 is 14.3 Å². The highest BCUT2D eigenvalue weighted by molar-refractivity contribution is 8.00. The van der Waals surface area contributed by atoms with Crippen LogP contribution in [-0.2, 0) is 16.1 Å². The van der Waals surface area contributed by atoms with Gasteiger partial charge in [-0.3, -0.25) is 9.59 Å². The summed E-state index contributed by atoms with van der Waals surface area (Å²) in [5.41, 5.74) is 5.79. The number of carbonyl (C=O) groups is 2. The average molecular weight is 424 g/mol. The van der Waals surface area contributed by atoms with Crippen LogP contribution in [-0.4, -0.2) is 38.9 Å². The minimum Gasteiger partial charge on any atom is -0.495 e. The first kappa shape index (κ1) is 20.5. The van der Waals surface area contributed by atoms with Crippen molar-refractivity contribution in [1.82, 2.24) is 14.8 Å². The Bertz CT molecular complexity index is 884. The van der Waals surface area contributed by atoms with Crippen LogP contribution in [0, 0.1) is 0 Å². The SMILES string of the molecule is COc1ccc(Cl)cc1NC(=O)C(C)Sc1nnc(C2CC2)n1CCC(N)=O. The molecule has 0 aliphatic heterocycles. The molecule has 3 N–H and O–H groups in total. The van der Waals surface area contributed by atoms with E-state index in [1.54, 1.807) is 25.1 Å².